The average molecular weight is 469 g/mol. The number of amides is 2. The molecular weight excluding hydrogens is 440 g/mol. The van der Waals surface area contributed by atoms with Crippen molar-refractivity contribution in [2.24, 2.45) is 5.73 Å². The van der Waals surface area contributed by atoms with Gasteiger partial charge in [-0.15, -0.1) is 0 Å². The Kier molecular flexibility index (Phi) is 7.40. The predicted molar refractivity (Wildman–Crippen MR) is 128 cm³/mol. The molecule has 0 aliphatic carbocycles. The predicted octanol–water partition coefficient (Wildman–Crippen LogP) is 1.24. The summed E-state index contributed by atoms with van der Waals surface area (Å²) in [5.74, 6) is -0.329. The van der Waals surface area contributed by atoms with Crippen molar-refractivity contribution in [3.8, 4) is 11.5 Å². The van der Waals surface area contributed by atoms with Crippen LogP contribution in [0.3, 0.4) is 0 Å². The van der Waals surface area contributed by atoms with E-state index >= 15 is 0 Å². The van der Waals surface area contributed by atoms with Crippen LogP contribution >= 0.6 is 0 Å². The standard InChI is InChI=1S/C24H28N4O6/c1-5-14(2)26-22(30)16-8-6-15(7-9-16)12-28-23(31)17-10-19(33-3)20(34-4)11-18(17)27(24(28)32)13-21(25)29/h6-11,14H,5,12-13H2,1-4H3,(H2,25,29)(H,26,30). The first-order chi connectivity index (χ1) is 16.2. The Morgan fingerprint density at radius 2 is 1.65 bits per heavy atom. The third-order valence-corrected chi connectivity index (χ3v) is 5.59. The Morgan fingerprint density at radius 1 is 1.03 bits per heavy atom. The number of nitrogens with one attached hydrogen (secondary N) is 1. The molecule has 3 N–H and O–H groups in total. The minimum atomic E-state index is -0.736. The SMILES string of the molecule is CCC(C)NC(=O)c1ccc(Cn2c(=O)c3cc(OC)c(OC)cc3n(CC(N)=O)c2=O)cc1. The molecule has 1 unspecified atom stereocenters. The van der Waals surface area contributed by atoms with Crippen LogP contribution in [0, 0.1) is 0 Å². The Morgan fingerprint density at radius 3 is 2.21 bits per heavy atom. The van der Waals surface area contributed by atoms with Crippen LogP contribution in [0.2, 0.25) is 0 Å². The molecule has 2 amide bonds. The lowest BCUT2D eigenvalue weighted by atomic mass is 10.1. The topological polar surface area (TPSA) is 135 Å². The van der Waals surface area contributed by atoms with Crippen molar-refractivity contribution in [1.29, 1.82) is 0 Å². The fraction of sp³-hybridized carbons (Fsp3) is 0.333. The van der Waals surface area contributed by atoms with Crippen LogP contribution in [-0.2, 0) is 17.9 Å². The van der Waals surface area contributed by atoms with Crippen molar-refractivity contribution in [3.63, 3.8) is 0 Å². The molecule has 0 bridgehead atoms. The van der Waals surface area contributed by atoms with Gasteiger partial charge in [0.1, 0.15) is 6.54 Å². The number of hydrogen-bond donors (Lipinski definition) is 2. The summed E-state index contributed by atoms with van der Waals surface area (Å²) in [4.78, 5) is 50.5. The van der Waals surface area contributed by atoms with Gasteiger partial charge in [-0.05, 0) is 37.1 Å². The van der Waals surface area contributed by atoms with Crippen LogP contribution < -0.4 is 31.8 Å². The minimum Gasteiger partial charge on any atom is -0.493 e. The number of primary amides is 1. The van der Waals surface area contributed by atoms with Gasteiger partial charge in [0.05, 0.1) is 31.7 Å². The van der Waals surface area contributed by atoms with Gasteiger partial charge >= 0.3 is 5.69 Å². The van der Waals surface area contributed by atoms with Gasteiger partial charge in [0.25, 0.3) is 11.5 Å². The first-order valence-corrected chi connectivity index (χ1v) is 10.8. The summed E-state index contributed by atoms with van der Waals surface area (Å²) in [6.07, 6.45) is 0.808. The molecule has 1 heterocycles. The van der Waals surface area contributed by atoms with Crippen LogP contribution in [0.15, 0.2) is 46.0 Å². The number of fused-ring (bicyclic) bond motifs is 1. The highest BCUT2D eigenvalue weighted by atomic mass is 16.5. The maximum absolute atomic E-state index is 13.3. The number of methoxy groups -OCH3 is 2. The summed E-state index contributed by atoms with van der Waals surface area (Å²) in [5, 5.41) is 3.06. The molecule has 0 radical (unpaired) electrons. The van der Waals surface area contributed by atoms with Crippen molar-refractivity contribution < 1.29 is 19.1 Å². The van der Waals surface area contributed by atoms with Crippen molar-refractivity contribution >= 4 is 22.7 Å². The Balaban J connectivity index is 2.09. The summed E-state index contributed by atoms with van der Waals surface area (Å²) in [6.45, 7) is 3.42. The summed E-state index contributed by atoms with van der Waals surface area (Å²) in [7, 11) is 2.86. The minimum absolute atomic E-state index is 0.0442. The zero-order valence-corrected chi connectivity index (χ0v) is 19.6. The van der Waals surface area contributed by atoms with Gasteiger partial charge in [-0.1, -0.05) is 19.1 Å². The van der Waals surface area contributed by atoms with E-state index in [1.807, 2.05) is 13.8 Å². The normalized spacial score (nSPS) is 11.8. The molecule has 3 rings (SSSR count). The number of nitrogens with two attached hydrogens (primary N) is 1. The molecule has 0 aliphatic rings. The molecule has 1 atom stereocenters. The third kappa shape index (κ3) is 4.95. The molecule has 0 fully saturated rings. The monoisotopic (exact) mass is 468 g/mol. The number of aromatic nitrogens is 2. The lowest BCUT2D eigenvalue weighted by molar-refractivity contribution is -0.118. The van der Waals surface area contributed by atoms with Gasteiger partial charge in [0, 0.05) is 17.7 Å². The lowest BCUT2D eigenvalue weighted by Crippen LogP contribution is -2.42. The largest absolute Gasteiger partial charge is 0.493 e. The zero-order chi connectivity index (χ0) is 25.0. The first-order valence-electron chi connectivity index (χ1n) is 10.8. The fourth-order valence-electron chi connectivity index (χ4n) is 3.55. The van der Waals surface area contributed by atoms with Crippen molar-refractivity contribution in [2.75, 3.05) is 14.2 Å². The number of nitrogens with zero attached hydrogens (tertiary/aromatic N) is 2. The van der Waals surface area contributed by atoms with Crippen LogP contribution in [0.4, 0.5) is 0 Å². The summed E-state index contributed by atoms with van der Waals surface area (Å²) < 4.78 is 12.7. The highest BCUT2D eigenvalue weighted by molar-refractivity contribution is 5.94. The molecule has 1 aromatic heterocycles. The van der Waals surface area contributed by atoms with Gasteiger partial charge in [-0.3, -0.25) is 23.5 Å². The van der Waals surface area contributed by atoms with Crippen LogP contribution in [0.5, 0.6) is 11.5 Å². The van der Waals surface area contributed by atoms with Crippen LogP contribution in [-0.4, -0.2) is 41.2 Å². The van der Waals surface area contributed by atoms with E-state index in [0.717, 1.165) is 15.6 Å². The molecule has 0 saturated heterocycles. The number of carbonyl (C=O) groups is 2. The number of rotatable bonds is 9. The maximum Gasteiger partial charge on any atom is 0.332 e. The second-order valence-corrected chi connectivity index (χ2v) is 7.93. The van der Waals surface area contributed by atoms with Crippen LogP contribution in [0.1, 0.15) is 36.2 Å². The van der Waals surface area contributed by atoms with E-state index in [-0.39, 0.29) is 29.4 Å². The van der Waals surface area contributed by atoms with Crippen molar-refractivity contribution in [2.45, 2.75) is 39.4 Å². The quantitative estimate of drug-likeness (QED) is 0.485. The Bertz CT molecular complexity index is 1340. The van der Waals surface area contributed by atoms with E-state index in [4.69, 9.17) is 15.2 Å². The average Bonchev–Trinajstić information content (AvgIpc) is 2.83. The number of ether oxygens (including phenoxy) is 2. The van der Waals surface area contributed by atoms with Gasteiger partial charge < -0.3 is 20.5 Å². The van der Waals surface area contributed by atoms with Crippen LogP contribution in [0.25, 0.3) is 10.9 Å². The molecule has 10 nitrogen and oxygen atoms in total. The maximum atomic E-state index is 13.3. The van der Waals surface area contributed by atoms with Crippen molar-refractivity contribution in [3.05, 3.63) is 68.4 Å². The molecule has 0 saturated carbocycles. The molecule has 0 aliphatic heterocycles. The molecule has 34 heavy (non-hydrogen) atoms. The second kappa shape index (κ2) is 10.2. The van der Waals surface area contributed by atoms with Gasteiger partial charge in [-0.25, -0.2) is 4.79 Å². The highest BCUT2D eigenvalue weighted by Crippen LogP contribution is 2.30. The molecular formula is C24H28N4O6. The summed E-state index contributed by atoms with van der Waals surface area (Å²) in [6, 6.07) is 9.59. The van der Waals surface area contributed by atoms with E-state index in [0.29, 0.717) is 22.6 Å². The Hall–Kier alpha value is -4.08. The van der Waals surface area contributed by atoms with Gasteiger partial charge in [0.15, 0.2) is 11.5 Å². The lowest BCUT2D eigenvalue weighted by Gasteiger charge is -2.16. The van der Waals surface area contributed by atoms with Gasteiger partial charge in [0.2, 0.25) is 5.91 Å². The number of hydrogen-bond acceptors (Lipinski definition) is 6. The zero-order valence-electron chi connectivity index (χ0n) is 19.6. The second-order valence-electron chi connectivity index (χ2n) is 7.93. The number of carbonyl (C=O) groups excluding carboxylic acids is 2. The summed E-state index contributed by atoms with van der Waals surface area (Å²) in [5.41, 5.74) is 5.42. The Labute approximate surface area is 195 Å². The number of benzene rings is 2. The van der Waals surface area contributed by atoms with E-state index in [1.165, 1.54) is 26.4 Å². The highest BCUT2D eigenvalue weighted by Gasteiger charge is 2.18. The molecule has 0 spiro atoms. The third-order valence-electron chi connectivity index (χ3n) is 5.59. The van der Waals surface area contributed by atoms with Gasteiger partial charge in [-0.2, -0.15) is 0 Å². The van der Waals surface area contributed by atoms with E-state index in [9.17, 15) is 19.2 Å². The first kappa shape index (κ1) is 24.6. The summed E-state index contributed by atoms with van der Waals surface area (Å²) >= 11 is 0. The van der Waals surface area contributed by atoms with Crippen molar-refractivity contribution in [1.82, 2.24) is 14.5 Å². The smallest absolute Gasteiger partial charge is 0.332 e. The molecule has 180 valence electrons. The molecule has 10 heteroatoms. The molecule has 3 aromatic rings. The van der Waals surface area contributed by atoms with E-state index < -0.39 is 23.7 Å². The molecule has 2 aromatic carbocycles. The fourth-order valence-corrected chi connectivity index (χ4v) is 3.55. The van der Waals surface area contributed by atoms with E-state index in [2.05, 4.69) is 5.32 Å². The van der Waals surface area contributed by atoms with E-state index in [1.54, 1.807) is 24.3 Å².